The predicted molar refractivity (Wildman–Crippen MR) is 146 cm³/mol. The van der Waals surface area contributed by atoms with Crippen molar-refractivity contribution in [2.45, 2.75) is 31.7 Å². The van der Waals surface area contributed by atoms with E-state index in [1.54, 1.807) is 18.2 Å². The fraction of sp³-hybridized carbons (Fsp3) is 0.300. The van der Waals surface area contributed by atoms with Gasteiger partial charge in [0.05, 0.1) is 36.1 Å². The predicted octanol–water partition coefficient (Wildman–Crippen LogP) is 4.90. The lowest BCUT2D eigenvalue weighted by Gasteiger charge is -2.25. The minimum Gasteiger partial charge on any atom is -0.491 e. The number of nitrogens with zero attached hydrogens (tertiary/aromatic N) is 1. The van der Waals surface area contributed by atoms with E-state index < -0.39 is 11.8 Å². The van der Waals surface area contributed by atoms with Gasteiger partial charge < -0.3 is 20.1 Å². The Hall–Kier alpha value is -3.84. The second-order valence-electron chi connectivity index (χ2n) is 9.38. The third kappa shape index (κ3) is 6.72. The lowest BCUT2D eigenvalue weighted by atomic mass is 10.0. The Bertz CT molecular complexity index is 1280. The number of amides is 2. The fourth-order valence-corrected chi connectivity index (χ4v) is 5.08. The van der Waals surface area contributed by atoms with Crippen LogP contribution >= 0.6 is 11.6 Å². The van der Waals surface area contributed by atoms with Crippen molar-refractivity contribution in [2.75, 3.05) is 20.3 Å². The monoisotopic (exact) mass is 534 g/mol. The van der Waals surface area contributed by atoms with Gasteiger partial charge in [0.1, 0.15) is 12.4 Å². The number of benzene rings is 3. The molecule has 0 aliphatic carbocycles. The molecule has 8 heteroatoms. The minimum absolute atomic E-state index is 0.0244. The Kier molecular flexibility index (Phi) is 9.02. The van der Waals surface area contributed by atoms with Gasteiger partial charge in [0.25, 0.3) is 0 Å². The summed E-state index contributed by atoms with van der Waals surface area (Å²) in [5.74, 6) is -0.707. The number of halogens is 1. The zero-order chi connectivity index (χ0) is 27.1. The van der Waals surface area contributed by atoms with Crippen LogP contribution < -0.4 is 10.5 Å². The molecule has 1 aliphatic rings. The van der Waals surface area contributed by atoms with Gasteiger partial charge in [0.2, 0.25) is 11.8 Å². The van der Waals surface area contributed by atoms with Crippen LogP contribution in [0, 0.1) is 5.92 Å². The van der Waals surface area contributed by atoms with Gasteiger partial charge in [-0.2, -0.15) is 0 Å². The molecule has 1 saturated heterocycles. The normalized spacial score (nSPS) is 16.9. The summed E-state index contributed by atoms with van der Waals surface area (Å²) in [6.07, 6.45) is 2.31. The molecule has 1 fully saturated rings. The van der Waals surface area contributed by atoms with E-state index in [0.717, 1.165) is 24.0 Å². The number of rotatable bonds is 11. The van der Waals surface area contributed by atoms with E-state index in [1.165, 1.54) is 12.7 Å². The van der Waals surface area contributed by atoms with Gasteiger partial charge >= 0.3 is 5.97 Å². The number of hydrogen-bond acceptors (Lipinski definition) is 5. The molecule has 0 bridgehead atoms. The fourth-order valence-electron chi connectivity index (χ4n) is 4.81. The van der Waals surface area contributed by atoms with Crippen molar-refractivity contribution in [3.05, 3.63) is 88.9 Å². The summed E-state index contributed by atoms with van der Waals surface area (Å²) < 4.78 is 10.9. The highest BCUT2D eigenvalue weighted by molar-refractivity contribution is 6.34. The number of primary amides is 1. The van der Waals surface area contributed by atoms with Crippen LogP contribution in [0.5, 0.6) is 5.75 Å². The molecule has 3 aromatic rings. The first-order valence-electron chi connectivity index (χ1n) is 12.6. The molecule has 198 valence electrons. The van der Waals surface area contributed by atoms with Crippen LogP contribution in [0.4, 0.5) is 0 Å². The van der Waals surface area contributed by atoms with Gasteiger partial charge in [0.15, 0.2) is 0 Å². The van der Waals surface area contributed by atoms with Crippen LogP contribution in [0.15, 0.2) is 72.8 Å². The lowest BCUT2D eigenvalue weighted by Crippen LogP contribution is -2.38. The highest BCUT2D eigenvalue weighted by Crippen LogP contribution is 2.30. The molecule has 0 saturated carbocycles. The summed E-state index contributed by atoms with van der Waals surface area (Å²) in [6.45, 7) is 0.924. The average molecular weight is 535 g/mol. The van der Waals surface area contributed by atoms with Crippen molar-refractivity contribution in [1.82, 2.24) is 4.90 Å². The maximum Gasteiger partial charge on any atom is 0.306 e. The van der Waals surface area contributed by atoms with Crippen molar-refractivity contribution >= 4 is 29.4 Å². The SMILES string of the molecule is COC(=O)C[C@@H]1C[C@@H](COc2ccc(-c3ccc(C(N)=O)c(Cl)c3)cc2)N(CCCc2ccccc2)C1=O. The molecule has 1 aliphatic heterocycles. The van der Waals surface area contributed by atoms with E-state index in [1.807, 2.05) is 47.4 Å². The summed E-state index contributed by atoms with van der Waals surface area (Å²) in [4.78, 5) is 38.3. The third-order valence-corrected chi connectivity index (χ3v) is 7.16. The molecular formula is C30H31ClN2O5. The van der Waals surface area contributed by atoms with Crippen molar-refractivity contribution < 1.29 is 23.9 Å². The number of carbonyl (C=O) groups excluding carboxylic acids is 3. The first-order valence-corrected chi connectivity index (χ1v) is 13.0. The molecule has 2 N–H and O–H groups in total. The van der Waals surface area contributed by atoms with Gasteiger partial charge in [-0.15, -0.1) is 0 Å². The first kappa shape index (κ1) is 27.2. The lowest BCUT2D eigenvalue weighted by molar-refractivity contribution is -0.144. The van der Waals surface area contributed by atoms with Crippen molar-refractivity contribution in [2.24, 2.45) is 11.7 Å². The van der Waals surface area contributed by atoms with E-state index in [4.69, 9.17) is 26.8 Å². The van der Waals surface area contributed by atoms with E-state index in [9.17, 15) is 14.4 Å². The molecular weight excluding hydrogens is 504 g/mol. The molecule has 0 radical (unpaired) electrons. The molecule has 0 spiro atoms. The van der Waals surface area contributed by atoms with Crippen molar-refractivity contribution in [3.8, 4) is 16.9 Å². The van der Waals surface area contributed by atoms with E-state index in [2.05, 4.69) is 12.1 Å². The van der Waals surface area contributed by atoms with E-state index in [0.29, 0.717) is 30.3 Å². The summed E-state index contributed by atoms with van der Waals surface area (Å²) in [7, 11) is 1.34. The van der Waals surface area contributed by atoms with Gasteiger partial charge in [-0.1, -0.05) is 60.1 Å². The topological polar surface area (TPSA) is 98.9 Å². The summed E-state index contributed by atoms with van der Waals surface area (Å²) >= 11 is 6.19. The van der Waals surface area contributed by atoms with Gasteiger partial charge in [-0.05, 0) is 60.2 Å². The second kappa shape index (κ2) is 12.6. The summed E-state index contributed by atoms with van der Waals surface area (Å²) in [6, 6.07) is 22.7. The zero-order valence-electron chi connectivity index (χ0n) is 21.3. The molecule has 3 aromatic carbocycles. The van der Waals surface area contributed by atoms with Crippen LogP contribution in [0.3, 0.4) is 0 Å². The molecule has 7 nitrogen and oxygen atoms in total. The number of aryl methyl sites for hydroxylation is 1. The summed E-state index contributed by atoms with van der Waals surface area (Å²) in [5, 5.41) is 0.301. The van der Waals surface area contributed by atoms with Crippen LogP contribution in [0.2, 0.25) is 5.02 Å². The molecule has 2 amide bonds. The molecule has 2 atom stereocenters. The number of carbonyl (C=O) groups is 3. The van der Waals surface area contributed by atoms with Gasteiger partial charge in [-0.3, -0.25) is 14.4 Å². The van der Waals surface area contributed by atoms with Crippen LogP contribution in [0.25, 0.3) is 11.1 Å². The van der Waals surface area contributed by atoms with Crippen molar-refractivity contribution in [1.29, 1.82) is 0 Å². The molecule has 38 heavy (non-hydrogen) atoms. The van der Waals surface area contributed by atoms with Gasteiger partial charge in [-0.25, -0.2) is 0 Å². The number of nitrogens with two attached hydrogens (primary N) is 1. The number of likely N-dealkylation sites (tertiary alicyclic amines) is 1. The number of ether oxygens (including phenoxy) is 2. The van der Waals surface area contributed by atoms with E-state index in [-0.39, 0.29) is 29.9 Å². The second-order valence-corrected chi connectivity index (χ2v) is 9.79. The molecule has 0 aromatic heterocycles. The Labute approximate surface area is 227 Å². The largest absolute Gasteiger partial charge is 0.491 e. The van der Waals surface area contributed by atoms with E-state index >= 15 is 0 Å². The quantitative estimate of drug-likeness (QED) is 0.353. The van der Waals surface area contributed by atoms with Gasteiger partial charge in [0, 0.05) is 6.54 Å². The number of hydrogen-bond donors (Lipinski definition) is 1. The molecule has 0 unspecified atom stereocenters. The first-order chi connectivity index (χ1) is 18.4. The molecule has 4 rings (SSSR count). The Morgan fingerprint density at radius 3 is 2.39 bits per heavy atom. The Morgan fingerprint density at radius 1 is 1.03 bits per heavy atom. The maximum absolute atomic E-state index is 13.1. The average Bonchev–Trinajstić information content (AvgIpc) is 3.21. The van der Waals surface area contributed by atoms with Crippen LogP contribution in [-0.4, -0.2) is 49.0 Å². The zero-order valence-corrected chi connectivity index (χ0v) is 22.0. The van der Waals surface area contributed by atoms with Crippen LogP contribution in [0.1, 0.15) is 35.2 Å². The third-order valence-electron chi connectivity index (χ3n) is 6.84. The number of esters is 1. The Balaban J connectivity index is 1.39. The molecule has 1 heterocycles. The Morgan fingerprint density at radius 2 is 1.74 bits per heavy atom. The van der Waals surface area contributed by atoms with Crippen LogP contribution in [-0.2, 0) is 20.7 Å². The highest BCUT2D eigenvalue weighted by Gasteiger charge is 2.40. The number of methoxy groups -OCH3 is 1. The minimum atomic E-state index is -0.571. The maximum atomic E-state index is 13.1. The van der Waals surface area contributed by atoms with Crippen molar-refractivity contribution in [3.63, 3.8) is 0 Å². The standard InChI is InChI=1S/C30H31ClN2O5/c1-37-28(34)18-23-16-24(33(30(23)36)15-5-8-20-6-3-2-4-7-20)19-38-25-12-9-21(10-13-25)22-11-14-26(29(32)35)27(31)17-22/h2-4,6-7,9-14,17,23-24H,5,8,15-16,18-19H2,1H3,(H2,32,35)/t23-,24-/m0/s1. The summed E-state index contributed by atoms with van der Waals surface area (Å²) in [5.41, 5.74) is 8.60. The smallest absolute Gasteiger partial charge is 0.306 e. The highest BCUT2D eigenvalue weighted by atomic mass is 35.5.